The van der Waals surface area contributed by atoms with E-state index in [1.165, 1.54) is 13.4 Å². The maximum atomic E-state index is 11.2. The lowest BCUT2D eigenvalue weighted by atomic mass is 10.2. The number of hydrogen-bond acceptors (Lipinski definition) is 5. The summed E-state index contributed by atoms with van der Waals surface area (Å²) < 4.78 is 9.76. The summed E-state index contributed by atoms with van der Waals surface area (Å²) in [5, 5.41) is 3.15. The Morgan fingerprint density at radius 1 is 1.44 bits per heavy atom. The van der Waals surface area contributed by atoms with Crippen molar-refractivity contribution in [3.05, 3.63) is 23.7 Å². The van der Waals surface area contributed by atoms with Crippen LogP contribution in [0.1, 0.15) is 35.4 Å². The van der Waals surface area contributed by atoms with E-state index in [9.17, 15) is 9.59 Å². The molecule has 1 rings (SSSR count). The first kappa shape index (κ1) is 14.2. The Labute approximate surface area is 105 Å². The second kappa shape index (κ2) is 7.50. The maximum Gasteiger partial charge on any atom is 0.341 e. The van der Waals surface area contributed by atoms with Crippen molar-refractivity contribution in [2.24, 2.45) is 5.73 Å². The molecule has 18 heavy (non-hydrogen) atoms. The number of ether oxygens (including phenoxy) is 1. The molecule has 1 aromatic heterocycles. The summed E-state index contributed by atoms with van der Waals surface area (Å²) in [5.41, 5.74) is 5.43. The molecule has 3 N–H and O–H groups in total. The number of nitrogens with two attached hydrogens (primary N) is 1. The van der Waals surface area contributed by atoms with Gasteiger partial charge >= 0.3 is 5.97 Å². The van der Waals surface area contributed by atoms with E-state index in [0.717, 1.165) is 19.4 Å². The van der Waals surface area contributed by atoms with Gasteiger partial charge in [-0.25, -0.2) is 4.79 Å². The normalized spacial score (nSPS) is 10.3. The fourth-order valence-electron chi connectivity index (χ4n) is 1.46. The zero-order valence-electron chi connectivity index (χ0n) is 10.4. The molecule has 0 unspecified atom stereocenters. The molecule has 0 saturated heterocycles. The third-order valence-electron chi connectivity index (χ3n) is 2.40. The molecule has 0 atom stereocenters. The van der Waals surface area contributed by atoms with Crippen molar-refractivity contribution in [1.82, 2.24) is 5.32 Å². The lowest BCUT2D eigenvalue weighted by Gasteiger charge is -2.01. The third-order valence-corrected chi connectivity index (χ3v) is 2.40. The van der Waals surface area contributed by atoms with Gasteiger partial charge in [-0.05, 0) is 25.5 Å². The second-order valence-corrected chi connectivity index (χ2v) is 3.89. The first-order valence-electron chi connectivity index (χ1n) is 5.78. The Bertz CT molecular complexity index is 401. The van der Waals surface area contributed by atoms with Crippen LogP contribution in [-0.4, -0.2) is 25.5 Å². The molecule has 0 aliphatic heterocycles. The van der Waals surface area contributed by atoms with Gasteiger partial charge in [-0.15, -0.1) is 0 Å². The summed E-state index contributed by atoms with van der Waals surface area (Å²) in [6.45, 7) is 1.30. The minimum Gasteiger partial charge on any atom is -0.467 e. The van der Waals surface area contributed by atoms with E-state index in [-0.39, 0.29) is 5.91 Å². The van der Waals surface area contributed by atoms with Gasteiger partial charge < -0.3 is 20.2 Å². The van der Waals surface area contributed by atoms with Gasteiger partial charge in [0.2, 0.25) is 5.91 Å². The quantitative estimate of drug-likeness (QED) is 0.529. The standard InChI is InChI=1S/C12H18N2O4/c1-17-12(16)9-6-10(18-8-9)7-14-5-3-2-4-11(13)15/h6,8,14H,2-5,7H2,1H3,(H2,13,15). The van der Waals surface area contributed by atoms with Crippen LogP contribution in [0, 0.1) is 0 Å². The van der Waals surface area contributed by atoms with E-state index in [1.807, 2.05) is 0 Å². The van der Waals surface area contributed by atoms with E-state index in [1.54, 1.807) is 6.07 Å². The van der Waals surface area contributed by atoms with Crippen LogP contribution < -0.4 is 11.1 Å². The van der Waals surface area contributed by atoms with E-state index in [4.69, 9.17) is 10.2 Å². The number of esters is 1. The van der Waals surface area contributed by atoms with Crippen molar-refractivity contribution < 1.29 is 18.7 Å². The predicted octanol–water partition coefficient (Wildman–Crippen LogP) is 0.811. The van der Waals surface area contributed by atoms with Crippen molar-refractivity contribution in [3.8, 4) is 0 Å². The number of unbranched alkanes of at least 4 members (excludes halogenated alkanes) is 1. The van der Waals surface area contributed by atoms with Gasteiger partial charge in [0.25, 0.3) is 0 Å². The van der Waals surface area contributed by atoms with E-state index in [0.29, 0.717) is 24.3 Å². The highest BCUT2D eigenvalue weighted by atomic mass is 16.5. The molecule has 1 amide bonds. The Balaban J connectivity index is 2.17. The molecule has 0 bridgehead atoms. The molecule has 0 aromatic carbocycles. The smallest absolute Gasteiger partial charge is 0.341 e. The van der Waals surface area contributed by atoms with Crippen molar-refractivity contribution in [1.29, 1.82) is 0 Å². The van der Waals surface area contributed by atoms with Crippen LogP contribution in [0.2, 0.25) is 0 Å². The lowest BCUT2D eigenvalue weighted by molar-refractivity contribution is -0.118. The number of rotatable bonds is 8. The molecular formula is C12H18N2O4. The molecule has 0 aliphatic carbocycles. The van der Waals surface area contributed by atoms with E-state index in [2.05, 4.69) is 10.1 Å². The first-order valence-corrected chi connectivity index (χ1v) is 5.78. The summed E-state index contributed by atoms with van der Waals surface area (Å²) in [4.78, 5) is 21.7. The summed E-state index contributed by atoms with van der Waals surface area (Å²) in [6.07, 6.45) is 3.42. The molecule has 0 radical (unpaired) electrons. The number of nitrogens with one attached hydrogen (secondary N) is 1. The van der Waals surface area contributed by atoms with Gasteiger partial charge in [0, 0.05) is 6.42 Å². The summed E-state index contributed by atoms with van der Waals surface area (Å²) in [5.74, 6) is -0.0134. The topological polar surface area (TPSA) is 94.6 Å². The average Bonchev–Trinajstić information content (AvgIpc) is 2.81. The monoisotopic (exact) mass is 254 g/mol. The van der Waals surface area contributed by atoms with Crippen LogP contribution in [0.5, 0.6) is 0 Å². The molecule has 0 spiro atoms. The van der Waals surface area contributed by atoms with Gasteiger partial charge in [-0.1, -0.05) is 0 Å². The number of hydrogen-bond donors (Lipinski definition) is 2. The number of methoxy groups -OCH3 is 1. The SMILES string of the molecule is COC(=O)c1coc(CNCCCCC(N)=O)c1. The fraction of sp³-hybridized carbons (Fsp3) is 0.500. The second-order valence-electron chi connectivity index (χ2n) is 3.89. The zero-order valence-corrected chi connectivity index (χ0v) is 10.4. The molecule has 6 nitrogen and oxygen atoms in total. The zero-order chi connectivity index (χ0) is 13.4. The van der Waals surface area contributed by atoms with Crippen LogP contribution in [0.25, 0.3) is 0 Å². The summed E-state index contributed by atoms with van der Waals surface area (Å²) in [7, 11) is 1.33. The molecule has 1 heterocycles. The average molecular weight is 254 g/mol. The van der Waals surface area contributed by atoms with E-state index < -0.39 is 5.97 Å². The van der Waals surface area contributed by atoms with Crippen molar-refractivity contribution in [3.63, 3.8) is 0 Å². The number of primary amides is 1. The highest BCUT2D eigenvalue weighted by Gasteiger charge is 2.09. The largest absolute Gasteiger partial charge is 0.467 e. The Morgan fingerprint density at radius 3 is 2.89 bits per heavy atom. The molecule has 100 valence electrons. The fourth-order valence-corrected chi connectivity index (χ4v) is 1.46. The minimum absolute atomic E-state index is 0.274. The summed E-state index contributed by atoms with van der Waals surface area (Å²) >= 11 is 0. The third kappa shape index (κ3) is 5.01. The predicted molar refractivity (Wildman–Crippen MR) is 64.8 cm³/mol. The minimum atomic E-state index is -0.411. The van der Waals surface area contributed by atoms with E-state index >= 15 is 0 Å². The summed E-state index contributed by atoms with van der Waals surface area (Å²) in [6, 6.07) is 1.64. The van der Waals surface area contributed by atoms with Crippen LogP contribution in [0.4, 0.5) is 0 Å². The first-order chi connectivity index (χ1) is 8.63. The Hall–Kier alpha value is -1.82. The van der Waals surface area contributed by atoms with Crippen LogP contribution in [0.3, 0.4) is 0 Å². The van der Waals surface area contributed by atoms with Gasteiger partial charge in [0.1, 0.15) is 12.0 Å². The van der Waals surface area contributed by atoms with Crippen LogP contribution in [-0.2, 0) is 16.1 Å². The van der Waals surface area contributed by atoms with Crippen LogP contribution >= 0.6 is 0 Å². The highest BCUT2D eigenvalue weighted by Crippen LogP contribution is 2.08. The lowest BCUT2D eigenvalue weighted by Crippen LogP contribution is -2.15. The maximum absolute atomic E-state index is 11.2. The van der Waals surface area contributed by atoms with Crippen LogP contribution in [0.15, 0.2) is 16.7 Å². The molecule has 6 heteroatoms. The van der Waals surface area contributed by atoms with Gasteiger partial charge in [-0.3, -0.25) is 4.79 Å². The number of amides is 1. The Morgan fingerprint density at radius 2 is 2.22 bits per heavy atom. The van der Waals surface area contributed by atoms with Gasteiger partial charge in [0.15, 0.2) is 0 Å². The molecule has 0 fully saturated rings. The van der Waals surface area contributed by atoms with Crippen molar-refractivity contribution >= 4 is 11.9 Å². The number of carbonyl (C=O) groups excluding carboxylic acids is 2. The van der Waals surface area contributed by atoms with Gasteiger partial charge in [0.05, 0.1) is 19.2 Å². The van der Waals surface area contributed by atoms with Crippen molar-refractivity contribution in [2.75, 3.05) is 13.7 Å². The molecule has 0 saturated carbocycles. The molecular weight excluding hydrogens is 236 g/mol. The highest BCUT2D eigenvalue weighted by molar-refractivity contribution is 5.88. The Kier molecular flexibility index (Phi) is 5.93. The van der Waals surface area contributed by atoms with Crippen molar-refractivity contribution in [2.45, 2.75) is 25.8 Å². The molecule has 0 aliphatic rings. The van der Waals surface area contributed by atoms with Gasteiger partial charge in [-0.2, -0.15) is 0 Å². The molecule has 1 aromatic rings. The number of furan rings is 1. The number of carbonyl (C=O) groups is 2.